The summed E-state index contributed by atoms with van der Waals surface area (Å²) < 4.78 is 31.2. The summed E-state index contributed by atoms with van der Waals surface area (Å²) in [6, 6.07) is 4.30. The van der Waals surface area contributed by atoms with E-state index in [4.69, 9.17) is 10.5 Å². The minimum atomic E-state index is -2.59. The molecule has 0 aliphatic carbocycles. The van der Waals surface area contributed by atoms with Crippen molar-refractivity contribution >= 4 is 5.69 Å². The molecule has 2 N–H and O–H groups in total. The topological polar surface area (TPSA) is 38.5 Å². The Morgan fingerprint density at radius 1 is 1.33 bits per heavy atom. The molecule has 102 valence electrons. The van der Waals surface area contributed by atoms with Crippen LogP contribution >= 0.6 is 0 Å². The second kappa shape index (κ2) is 5.52. The van der Waals surface area contributed by atoms with E-state index in [0.717, 1.165) is 0 Å². The summed E-state index contributed by atoms with van der Waals surface area (Å²) in [7, 11) is 3.83. The Bertz CT molecular complexity index is 406. The smallest absolute Gasteiger partial charge is 0.267 e. The van der Waals surface area contributed by atoms with Crippen molar-refractivity contribution in [1.29, 1.82) is 0 Å². The van der Waals surface area contributed by atoms with Crippen LogP contribution in [-0.4, -0.2) is 31.1 Å². The van der Waals surface area contributed by atoms with Crippen LogP contribution in [0.1, 0.15) is 25.8 Å². The second-order valence-electron chi connectivity index (χ2n) is 5.09. The van der Waals surface area contributed by atoms with Gasteiger partial charge in [0.15, 0.2) is 0 Å². The first-order valence-electron chi connectivity index (χ1n) is 5.72. The number of hydrogen-bond acceptors (Lipinski definition) is 3. The van der Waals surface area contributed by atoms with Gasteiger partial charge in [-0.15, -0.1) is 0 Å². The number of nitrogens with zero attached hydrogens (tertiary/aromatic N) is 1. The van der Waals surface area contributed by atoms with E-state index in [9.17, 15) is 8.78 Å². The number of nitrogens with two attached hydrogens (primary N) is 1. The number of benzene rings is 1. The zero-order valence-corrected chi connectivity index (χ0v) is 11.2. The molecule has 1 aromatic carbocycles. The van der Waals surface area contributed by atoms with E-state index in [1.165, 1.54) is 12.1 Å². The summed E-state index contributed by atoms with van der Waals surface area (Å²) in [4.78, 5) is 1.98. The number of ether oxygens (including phenoxy) is 1. The number of nitrogen functional groups attached to an aromatic ring is 1. The summed E-state index contributed by atoms with van der Waals surface area (Å²) in [5.74, 6) is 0.189. The van der Waals surface area contributed by atoms with Crippen molar-refractivity contribution in [3.63, 3.8) is 0 Å². The maximum absolute atomic E-state index is 12.8. The maximum atomic E-state index is 12.8. The molecule has 0 atom stereocenters. The van der Waals surface area contributed by atoms with Crippen molar-refractivity contribution in [2.24, 2.45) is 0 Å². The van der Waals surface area contributed by atoms with Gasteiger partial charge in [0.05, 0.1) is 5.56 Å². The normalized spacial score (nSPS) is 12.2. The van der Waals surface area contributed by atoms with Crippen LogP contribution in [0.25, 0.3) is 0 Å². The predicted molar refractivity (Wildman–Crippen MR) is 69.1 cm³/mol. The lowest BCUT2D eigenvalue weighted by Crippen LogP contribution is -2.43. The molecule has 18 heavy (non-hydrogen) atoms. The van der Waals surface area contributed by atoms with Crippen molar-refractivity contribution in [2.45, 2.75) is 25.8 Å². The lowest BCUT2D eigenvalue weighted by Gasteiger charge is -2.32. The van der Waals surface area contributed by atoms with E-state index >= 15 is 0 Å². The van der Waals surface area contributed by atoms with Crippen LogP contribution in [-0.2, 0) is 0 Å². The number of hydrogen-bond donors (Lipinski definition) is 1. The standard InChI is InChI=1S/C13H20F2N2O/c1-13(2,17(3)4)8-18-11-6-5-9(16)7-10(11)12(14)15/h5-7,12H,8,16H2,1-4H3. The van der Waals surface area contributed by atoms with Crippen LogP contribution in [0.15, 0.2) is 18.2 Å². The molecule has 0 saturated heterocycles. The summed E-state index contributed by atoms with van der Waals surface area (Å²) in [6.45, 7) is 4.28. The van der Waals surface area contributed by atoms with Crippen LogP contribution in [0, 0.1) is 0 Å². The lowest BCUT2D eigenvalue weighted by molar-refractivity contribution is 0.105. The number of halogens is 2. The van der Waals surface area contributed by atoms with Crippen molar-refractivity contribution in [2.75, 3.05) is 26.4 Å². The molecule has 0 aliphatic heterocycles. The summed E-state index contributed by atoms with van der Waals surface area (Å²) in [6.07, 6.45) is -2.59. The van der Waals surface area contributed by atoms with E-state index in [1.54, 1.807) is 6.07 Å². The van der Waals surface area contributed by atoms with Gasteiger partial charge in [-0.25, -0.2) is 8.78 Å². The van der Waals surface area contributed by atoms with Gasteiger partial charge in [0, 0.05) is 11.2 Å². The van der Waals surface area contributed by atoms with Gasteiger partial charge < -0.3 is 15.4 Å². The SMILES string of the molecule is CN(C)C(C)(C)COc1ccc(N)cc1C(F)F. The van der Waals surface area contributed by atoms with Crippen molar-refractivity contribution < 1.29 is 13.5 Å². The van der Waals surface area contributed by atoms with E-state index < -0.39 is 6.43 Å². The Morgan fingerprint density at radius 2 is 1.94 bits per heavy atom. The first kappa shape index (κ1) is 14.7. The second-order valence-corrected chi connectivity index (χ2v) is 5.09. The summed E-state index contributed by atoms with van der Waals surface area (Å²) in [5.41, 5.74) is 5.41. The molecule has 0 heterocycles. The van der Waals surface area contributed by atoms with Gasteiger partial charge in [-0.3, -0.25) is 0 Å². The lowest BCUT2D eigenvalue weighted by atomic mass is 10.1. The highest BCUT2D eigenvalue weighted by molar-refractivity contribution is 5.48. The first-order valence-corrected chi connectivity index (χ1v) is 5.72. The molecule has 1 rings (SSSR count). The average Bonchev–Trinajstić information content (AvgIpc) is 2.27. The molecule has 0 amide bonds. The first-order chi connectivity index (χ1) is 8.24. The molecule has 0 spiro atoms. The molecular formula is C13H20F2N2O. The summed E-state index contributed by atoms with van der Waals surface area (Å²) in [5, 5.41) is 0. The van der Waals surface area contributed by atoms with Crippen molar-refractivity contribution in [3.8, 4) is 5.75 Å². The Hall–Kier alpha value is -1.36. The molecular weight excluding hydrogens is 238 g/mol. The van der Waals surface area contributed by atoms with Crippen molar-refractivity contribution in [3.05, 3.63) is 23.8 Å². The average molecular weight is 258 g/mol. The number of rotatable bonds is 5. The quantitative estimate of drug-likeness (QED) is 0.825. The fourth-order valence-corrected chi connectivity index (χ4v) is 1.25. The Labute approximate surface area is 107 Å². The third kappa shape index (κ3) is 3.57. The zero-order chi connectivity index (χ0) is 13.9. The molecule has 0 unspecified atom stereocenters. The number of likely N-dealkylation sites (N-methyl/N-ethyl adjacent to an activating group) is 1. The number of alkyl halides is 2. The molecule has 5 heteroatoms. The zero-order valence-electron chi connectivity index (χ0n) is 11.2. The van der Waals surface area contributed by atoms with Crippen LogP contribution in [0.2, 0.25) is 0 Å². The largest absolute Gasteiger partial charge is 0.491 e. The van der Waals surface area contributed by atoms with Gasteiger partial charge >= 0.3 is 0 Å². The molecule has 0 fully saturated rings. The van der Waals surface area contributed by atoms with Gasteiger partial charge in [0.1, 0.15) is 12.4 Å². The van der Waals surface area contributed by atoms with Gasteiger partial charge in [0.25, 0.3) is 6.43 Å². The highest BCUT2D eigenvalue weighted by Gasteiger charge is 2.23. The third-order valence-electron chi connectivity index (χ3n) is 3.06. The minimum absolute atomic E-state index is 0.162. The maximum Gasteiger partial charge on any atom is 0.267 e. The minimum Gasteiger partial charge on any atom is -0.491 e. The molecule has 0 radical (unpaired) electrons. The van der Waals surface area contributed by atoms with Gasteiger partial charge in [0.2, 0.25) is 0 Å². The highest BCUT2D eigenvalue weighted by atomic mass is 19.3. The van der Waals surface area contributed by atoms with E-state index in [2.05, 4.69) is 0 Å². The molecule has 3 nitrogen and oxygen atoms in total. The molecule has 0 aliphatic rings. The Morgan fingerprint density at radius 3 is 2.44 bits per heavy atom. The monoisotopic (exact) mass is 258 g/mol. The molecule has 0 bridgehead atoms. The fourth-order valence-electron chi connectivity index (χ4n) is 1.25. The van der Waals surface area contributed by atoms with Crippen molar-refractivity contribution in [1.82, 2.24) is 4.90 Å². The molecule has 0 aromatic heterocycles. The van der Waals surface area contributed by atoms with E-state index in [-0.39, 0.29) is 16.9 Å². The van der Waals surface area contributed by atoms with Gasteiger partial charge in [-0.05, 0) is 46.1 Å². The van der Waals surface area contributed by atoms with Crippen LogP contribution in [0.5, 0.6) is 5.75 Å². The molecule has 1 aromatic rings. The highest BCUT2D eigenvalue weighted by Crippen LogP contribution is 2.31. The Balaban J connectivity index is 2.85. The molecule has 0 saturated carbocycles. The predicted octanol–water partition coefficient (Wildman–Crippen LogP) is 2.93. The van der Waals surface area contributed by atoms with Crippen LogP contribution in [0.4, 0.5) is 14.5 Å². The number of anilines is 1. The van der Waals surface area contributed by atoms with Crippen LogP contribution in [0.3, 0.4) is 0 Å². The Kier molecular flexibility index (Phi) is 4.51. The van der Waals surface area contributed by atoms with Gasteiger partial charge in [-0.2, -0.15) is 0 Å². The third-order valence-corrected chi connectivity index (χ3v) is 3.06. The fraction of sp³-hybridized carbons (Fsp3) is 0.538. The summed E-state index contributed by atoms with van der Waals surface area (Å²) >= 11 is 0. The van der Waals surface area contributed by atoms with Crippen LogP contribution < -0.4 is 10.5 Å². The van der Waals surface area contributed by atoms with E-state index in [0.29, 0.717) is 12.3 Å². The van der Waals surface area contributed by atoms with E-state index in [1.807, 2.05) is 32.8 Å². The van der Waals surface area contributed by atoms with Gasteiger partial charge in [-0.1, -0.05) is 0 Å².